The maximum atomic E-state index is 8.99. The summed E-state index contributed by atoms with van der Waals surface area (Å²) in [6.45, 7) is 4.09. The van der Waals surface area contributed by atoms with Crippen LogP contribution >= 0.6 is 11.8 Å². The molecule has 92 valence electrons. The Morgan fingerprint density at radius 2 is 2.00 bits per heavy atom. The van der Waals surface area contributed by atoms with Gasteiger partial charge in [-0.25, -0.2) is 0 Å². The van der Waals surface area contributed by atoms with Crippen molar-refractivity contribution in [2.24, 2.45) is 0 Å². The van der Waals surface area contributed by atoms with E-state index in [2.05, 4.69) is 11.4 Å². The summed E-state index contributed by atoms with van der Waals surface area (Å²) < 4.78 is 5.09. The molecule has 1 atom stereocenters. The molecular formula is C13H18N2OS. The predicted octanol–water partition coefficient (Wildman–Crippen LogP) is 2.68. The number of benzene rings is 1. The Kier molecular flexibility index (Phi) is 5.88. The maximum Gasteiger partial charge on any atom is 0.118 e. The van der Waals surface area contributed by atoms with E-state index in [1.165, 1.54) is 0 Å². The van der Waals surface area contributed by atoms with E-state index in [1.54, 1.807) is 18.9 Å². The highest BCUT2D eigenvalue weighted by Crippen LogP contribution is 2.21. The zero-order chi connectivity index (χ0) is 12.7. The van der Waals surface area contributed by atoms with E-state index in [4.69, 9.17) is 10.00 Å². The second-order valence-corrected chi connectivity index (χ2v) is 5.08. The van der Waals surface area contributed by atoms with E-state index in [9.17, 15) is 0 Å². The number of hydrogen-bond donors (Lipinski definition) is 1. The van der Waals surface area contributed by atoms with Crippen molar-refractivity contribution in [1.82, 2.24) is 5.32 Å². The second-order valence-electron chi connectivity index (χ2n) is 3.99. The van der Waals surface area contributed by atoms with Crippen LogP contribution < -0.4 is 10.1 Å². The largest absolute Gasteiger partial charge is 0.497 e. The molecule has 1 unspecified atom stereocenters. The maximum absolute atomic E-state index is 8.99. The van der Waals surface area contributed by atoms with Crippen LogP contribution in [-0.2, 0) is 0 Å². The van der Waals surface area contributed by atoms with E-state index in [-0.39, 0.29) is 6.04 Å². The molecule has 0 bridgehead atoms. The van der Waals surface area contributed by atoms with Crippen LogP contribution in [0.4, 0.5) is 0 Å². The van der Waals surface area contributed by atoms with Crippen molar-refractivity contribution in [3.05, 3.63) is 24.3 Å². The monoisotopic (exact) mass is 250 g/mol. The van der Waals surface area contributed by atoms with Crippen LogP contribution in [0.2, 0.25) is 0 Å². The van der Waals surface area contributed by atoms with Gasteiger partial charge in [-0.3, -0.25) is 5.32 Å². The average molecular weight is 250 g/mol. The van der Waals surface area contributed by atoms with Gasteiger partial charge in [0.05, 0.1) is 13.2 Å². The topological polar surface area (TPSA) is 45.0 Å². The number of nitrogens with zero attached hydrogens (tertiary/aromatic N) is 1. The fourth-order valence-electron chi connectivity index (χ4n) is 1.38. The first-order chi connectivity index (χ1) is 8.15. The third-order valence-electron chi connectivity index (χ3n) is 2.17. The molecule has 1 rings (SSSR count). The summed E-state index contributed by atoms with van der Waals surface area (Å²) in [5, 5.41) is 12.2. The number of rotatable bonds is 6. The molecule has 0 saturated heterocycles. The molecule has 4 heteroatoms. The van der Waals surface area contributed by atoms with Gasteiger partial charge in [-0.2, -0.15) is 5.26 Å². The molecule has 0 spiro atoms. The van der Waals surface area contributed by atoms with Gasteiger partial charge in [-0.15, -0.1) is 11.8 Å². The van der Waals surface area contributed by atoms with Gasteiger partial charge in [0.2, 0.25) is 0 Å². The molecule has 0 aromatic heterocycles. The summed E-state index contributed by atoms with van der Waals surface area (Å²) in [4.78, 5) is 1.15. The summed E-state index contributed by atoms with van der Waals surface area (Å²) >= 11 is 1.67. The van der Waals surface area contributed by atoms with E-state index in [0.717, 1.165) is 16.4 Å². The minimum absolute atomic E-state index is 0.109. The van der Waals surface area contributed by atoms with Gasteiger partial charge in [-0.1, -0.05) is 0 Å². The van der Waals surface area contributed by atoms with E-state index < -0.39 is 0 Å². The SMILES string of the molecule is COc1ccc(SCC(C#N)NC(C)C)cc1. The number of thioether (sulfide) groups is 1. The molecular weight excluding hydrogens is 232 g/mol. The normalized spacial score (nSPS) is 12.2. The Morgan fingerprint density at radius 1 is 1.35 bits per heavy atom. The summed E-state index contributed by atoms with van der Waals surface area (Å²) in [7, 11) is 1.65. The lowest BCUT2D eigenvalue weighted by molar-refractivity contribution is 0.414. The lowest BCUT2D eigenvalue weighted by atomic mass is 10.3. The molecule has 0 aliphatic carbocycles. The summed E-state index contributed by atoms with van der Waals surface area (Å²) in [6.07, 6.45) is 0. The fraction of sp³-hybridized carbons (Fsp3) is 0.462. The van der Waals surface area contributed by atoms with Crippen LogP contribution in [0.25, 0.3) is 0 Å². The third kappa shape index (κ3) is 5.12. The highest BCUT2D eigenvalue weighted by Gasteiger charge is 2.08. The molecule has 0 aliphatic heterocycles. The quantitative estimate of drug-likeness (QED) is 0.788. The van der Waals surface area contributed by atoms with Gasteiger partial charge in [0.1, 0.15) is 11.8 Å². The van der Waals surface area contributed by atoms with Crippen molar-refractivity contribution >= 4 is 11.8 Å². The first-order valence-electron chi connectivity index (χ1n) is 5.58. The van der Waals surface area contributed by atoms with Crippen LogP contribution in [-0.4, -0.2) is 24.9 Å². The van der Waals surface area contributed by atoms with Crippen LogP contribution in [0.1, 0.15) is 13.8 Å². The first kappa shape index (κ1) is 13.9. The molecule has 0 aliphatic rings. The first-order valence-corrected chi connectivity index (χ1v) is 6.56. The molecule has 17 heavy (non-hydrogen) atoms. The summed E-state index contributed by atoms with van der Waals surface area (Å²) in [5.41, 5.74) is 0. The minimum Gasteiger partial charge on any atom is -0.497 e. The molecule has 0 saturated carbocycles. The number of hydrogen-bond acceptors (Lipinski definition) is 4. The number of nitrogens with one attached hydrogen (secondary N) is 1. The smallest absolute Gasteiger partial charge is 0.118 e. The molecule has 3 nitrogen and oxygen atoms in total. The highest BCUT2D eigenvalue weighted by molar-refractivity contribution is 7.99. The van der Waals surface area contributed by atoms with Crippen molar-refractivity contribution in [2.45, 2.75) is 30.8 Å². The van der Waals surface area contributed by atoms with E-state index >= 15 is 0 Å². The van der Waals surface area contributed by atoms with Crippen LogP contribution in [0.15, 0.2) is 29.2 Å². The molecule has 0 amide bonds. The van der Waals surface area contributed by atoms with Gasteiger partial charge in [0.15, 0.2) is 0 Å². The Morgan fingerprint density at radius 3 is 2.47 bits per heavy atom. The number of nitriles is 1. The third-order valence-corrected chi connectivity index (χ3v) is 3.27. The lowest BCUT2D eigenvalue weighted by Gasteiger charge is -2.14. The van der Waals surface area contributed by atoms with Crippen LogP contribution in [0, 0.1) is 11.3 Å². The minimum atomic E-state index is -0.109. The van der Waals surface area contributed by atoms with Crippen molar-refractivity contribution in [3.63, 3.8) is 0 Å². The molecule has 0 radical (unpaired) electrons. The Bertz CT molecular complexity index is 370. The molecule has 1 aromatic rings. The average Bonchev–Trinajstić information content (AvgIpc) is 2.34. The van der Waals surface area contributed by atoms with Gasteiger partial charge in [0, 0.05) is 16.7 Å². The van der Waals surface area contributed by atoms with Crippen molar-refractivity contribution in [3.8, 4) is 11.8 Å². The number of methoxy groups -OCH3 is 1. The predicted molar refractivity (Wildman–Crippen MR) is 71.4 cm³/mol. The number of ether oxygens (including phenoxy) is 1. The van der Waals surface area contributed by atoms with Gasteiger partial charge in [-0.05, 0) is 38.1 Å². The van der Waals surface area contributed by atoms with Crippen molar-refractivity contribution in [1.29, 1.82) is 5.26 Å². The van der Waals surface area contributed by atoms with Crippen LogP contribution in [0.5, 0.6) is 5.75 Å². The lowest BCUT2D eigenvalue weighted by Crippen LogP contribution is -2.35. The summed E-state index contributed by atoms with van der Waals surface area (Å²) in [6, 6.07) is 10.4. The van der Waals surface area contributed by atoms with E-state index in [1.807, 2.05) is 38.1 Å². The van der Waals surface area contributed by atoms with Gasteiger partial charge < -0.3 is 4.74 Å². The molecule has 1 N–H and O–H groups in total. The van der Waals surface area contributed by atoms with Crippen LogP contribution in [0.3, 0.4) is 0 Å². The zero-order valence-electron chi connectivity index (χ0n) is 10.4. The molecule has 1 aromatic carbocycles. The Balaban J connectivity index is 2.45. The Hall–Kier alpha value is -1.18. The van der Waals surface area contributed by atoms with Gasteiger partial charge >= 0.3 is 0 Å². The fourth-order valence-corrected chi connectivity index (χ4v) is 2.23. The second kappa shape index (κ2) is 7.21. The molecule has 0 fully saturated rings. The highest BCUT2D eigenvalue weighted by atomic mass is 32.2. The zero-order valence-corrected chi connectivity index (χ0v) is 11.3. The van der Waals surface area contributed by atoms with Gasteiger partial charge in [0.25, 0.3) is 0 Å². The molecule has 0 heterocycles. The standard InChI is InChI=1S/C13H18N2OS/c1-10(2)15-11(8-14)9-17-13-6-4-12(16-3)5-7-13/h4-7,10-11,15H,9H2,1-3H3. The van der Waals surface area contributed by atoms with Crippen molar-refractivity contribution in [2.75, 3.05) is 12.9 Å². The summed E-state index contributed by atoms with van der Waals surface area (Å²) in [5.74, 6) is 1.60. The Labute approximate surface area is 107 Å². The van der Waals surface area contributed by atoms with E-state index in [0.29, 0.717) is 6.04 Å². The van der Waals surface area contributed by atoms with Crippen molar-refractivity contribution < 1.29 is 4.74 Å².